The van der Waals surface area contributed by atoms with E-state index in [1.807, 2.05) is 19.9 Å². The van der Waals surface area contributed by atoms with Crippen LogP contribution in [-0.4, -0.2) is 54.1 Å². The summed E-state index contributed by atoms with van der Waals surface area (Å²) in [6, 6.07) is 8.17. The average molecular weight is 410 g/mol. The summed E-state index contributed by atoms with van der Waals surface area (Å²) in [4.78, 5) is 31.7. The second-order valence-electron chi connectivity index (χ2n) is 7.26. The summed E-state index contributed by atoms with van der Waals surface area (Å²) in [5.41, 5.74) is 2.63. The molecule has 1 aliphatic rings. The number of aliphatic hydroxyl groups is 1. The summed E-state index contributed by atoms with van der Waals surface area (Å²) in [6.07, 6.45) is 2.15. The number of aromatic nitrogens is 1. The zero-order valence-electron chi connectivity index (χ0n) is 17.6. The Morgan fingerprint density at radius 1 is 1.20 bits per heavy atom. The molecule has 30 heavy (non-hydrogen) atoms. The maximum absolute atomic E-state index is 13.0. The number of Topliss-reactive ketones (excluding diaryl/α,β-unsaturated/α-hetero) is 1. The van der Waals surface area contributed by atoms with Gasteiger partial charge in [0.2, 0.25) is 0 Å². The van der Waals surface area contributed by atoms with E-state index in [-0.39, 0.29) is 11.3 Å². The number of methoxy groups -OCH3 is 2. The number of ketones is 1. The van der Waals surface area contributed by atoms with Crippen LogP contribution in [0.1, 0.15) is 34.8 Å². The first-order chi connectivity index (χ1) is 14.4. The van der Waals surface area contributed by atoms with E-state index in [0.29, 0.717) is 36.6 Å². The van der Waals surface area contributed by atoms with Crippen LogP contribution in [0.2, 0.25) is 0 Å². The molecule has 0 saturated carbocycles. The molecule has 7 heteroatoms. The monoisotopic (exact) mass is 410 g/mol. The van der Waals surface area contributed by atoms with Crippen LogP contribution in [0.4, 0.5) is 0 Å². The number of nitrogens with zero attached hydrogens (tertiary/aromatic N) is 2. The van der Waals surface area contributed by atoms with Crippen molar-refractivity contribution in [1.29, 1.82) is 0 Å². The minimum absolute atomic E-state index is 0.0133. The minimum Gasteiger partial charge on any atom is -0.507 e. The molecule has 0 spiro atoms. The first-order valence-electron chi connectivity index (χ1n) is 9.74. The van der Waals surface area contributed by atoms with Crippen molar-refractivity contribution in [3.63, 3.8) is 0 Å². The summed E-state index contributed by atoms with van der Waals surface area (Å²) < 4.78 is 10.6. The van der Waals surface area contributed by atoms with Crippen molar-refractivity contribution in [2.75, 3.05) is 27.4 Å². The minimum atomic E-state index is -0.784. The van der Waals surface area contributed by atoms with Crippen molar-refractivity contribution < 1.29 is 24.2 Å². The molecule has 0 radical (unpaired) electrons. The van der Waals surface area contributed by atoms with E-state index in [1.165, 1.54) is 12.0 Å². The summed E-state index contributed by atoms with van der Waals surface area (Å²) in [5, 5.41) is 11.2. The van der Waals surface area contributed by atoms with Crippen molar-refractivity contribution in [2.24, 2.45) is 0 Å². The molecule has 1 atom stereocenters. The Morgan fingerprint density at radius 2 is 1.97 bits per heavy atom. The van der Waals surface area contributed by atoms with E-state index >= 15 is 0 Å². The van der Waals surface area contributed by atoms with E-state index in [9.17, 15) is 14.7 Å². The van der Waals surface area contributed by atoms with Gasteiger partial charge >= 0.3 is 0 Å². The number of pyridine rings is 1. The molecule has 1 saturated heterocycles. The van der Waals surface area contributed by atoms with Crippen molar-refractivity contribution >= 4 is 17.4 Å². The third kappa shape index (κ3) is 3.93. The third-order valence-corrected chi connectivity index (χ3v) is 5.13. The molecule has 0 aliphatic carbocycles. The lowest BCUT2D eigenvalue weighted by Crippen LogP contribution is -2.31. The van der Waals surface area contributed by atoms with Crippen molar-refractivity contribution in [3.05, 3.63) is 64.5 Å². The van der Waals surface area contributed by atoms with Crippen molar-refractivity contribution in [1.82, 2.24) is 9.88 Å². The highest BCUT2D eigenvalue weighted by Gasteiger charge is 2.46. The zero-order valence-corrected chi connectivity index (χ0v) is 17.6. The fourth-order valence-electron chi connectivity index (χ4n) is 3.88. The van der Waals surface area contributed by atoms with E-state index in [1.54, 1.807) is 37.6 Å². The van der Waals surface area contributed by atoms with Crippen LogP contribution in [0.5, 0.6) is 5.75 Å². The second kappa shape index (κ2) is 9.09. The molecule has 1 fully saturated rings. The van der Waals surface area contributed by atoms with Gasteiger partial charge < -0.3 is 19.5 Å². The number of amides is 1. The predicted molar refractivity (Wildman–Crippen MR) is 112 cm³/mol. The normalized spacial score (nSPS) is 18.1. The van der Waals surface area contributed by atoms with E-state index in [4.69, 9.17) is 9.47 Å². The van der Waals surface area contributed by atoms with Crippen LogP contribution < -0.4 is 4.74 Å². The lowest BCUT2D eigenvalue weighted by atomic mass is 9.95. The van der Waals surface area contributed by atoms with E-state index < -0.39 is 17.7 Å². The van der Waals surface area contributed by atoms with Gasteiger partial charge in [0.15, 0.2) is 0 Å². The molecule has 1 aromatic carbocycles. The molecule has 1 aromatic heterocycles. The van der Waals surface area contributed by atoms with Gasteiger partial charge in [-0.1, -0.05) is 12.1 Å². The number of benzene rings is 1. The number of hydrogen-bond acceptors (Lipinski definition) is 6. The molecule has 2 heterocycles. The lowest BCUT2D eigenvalue weighted by Gasteiger charge is -2.24. The Morgan fingerprint density at radius 3 is 2.60 bits per heavy atom. The Bertz CT molecular complexity index is 985. The van der Waals surface area contributed by atoms with Crippen LogP contribution >= 0.6 is 0 Å². The van der Waals surface area contributed by atoms with E-state index in [2.05, 4.69) is 4.98 Å². The number of aryl methyl sites for hydroxylation is 2. The van der Waals surface area contributed by atoms with Crippen LogP contribution in [0.25, 0.3) is 5.76 Å². The molecule has 158 valence electrons. The van der Waals surface area contributed by atoms with Crippen molar-refractivity contribution in [3.8, 4) is 5.75 Å². The summed E-state index contributed by atoms with van der Waals surface area (Å²) in [7, 11) is 3.09. The molecule has 3 rings (SSSR count). The topological polar surface area (TPSA) is 89.0 Å². The molecule has 2 aromatic rings. The fraction of sp³-hybridized carbons (Fsp3) is 0.348. The second-order valence-corrected chi connectivity index (χ2v) is 7.26. The molecule has 7 nitrogen and oxygen atoms in total. The number of ether oxygens (including phenoxy) is 2. The van der Waals surface area contributed by atoms with Gasteiger partial charge in [0, 0.05) is 26.5 Å². The van der Waals surface area contributed by atoms with Crippen molar-refractivity contribution in [2.45, 2.75) is 26.3 Å². The summed E-state index contributed by atoms with van der Waals surface area (Å²) in [5.74, 6) is -1.20. The number of rotatable bonds is 7. The third-order valence-electron chi connectivity index (χ3n) is 5.13. The lowest BCUT2D eigenvalue weighted by molar-refractivity contribution is -0.140. The smallest absolute Gasteiger partial charge is 0.295 e. The molecule has 1 N–H and O–H groups in total. The van der Waals surface area contributed by atoms with Gasteiger partial charge in [0.1, 0.15) is 17.6 Å². The maximum atomic E-state index is 13.0. The molecule has 1 aliphatic heterocycles. The van der Waals surface area contributed by atoms with Gasteiger partial charge in [0.05, 0.1) is 23.9 Å². The van der Waals surface area contributed by atoms with Crippen LogP contribution in [0.15, 0.2) is 42.1 Å². The van der Waals surface area contributed by atoms with Gasteiger partial charge in [-0.2, -0.15) is 0 Å². The molecule has 1 amide bonds. The largest absolute Gasteiger partial charge is 0.507 e. The quantitative estimate of drug-likeness (QED) is 0.326. The Kier molecular flexibility index (Phi) is 6.52. The van der Waals surface area contributed by atoms with Gasteiger partial charge in [-0.25, -0.2) is 0 Å². The highest BCUT2D eigenvalue weighted by molar-refractivity contribution is 6.46. The highest BCUT2D eigenvalue weighted by atomic mass is 16.5. The zero-order chi connectivity index (χ0) is 21.8. The van der Waals surface area contributed by atoms with Gasteiger partial charge in [0.25, 0.3) is 11.7 Å². The van der Waals surface area contributed by atoms with Crippen LogP contribution in [0, 0.1) is 13.8 Å². The number of carbonyl (C=O) groups excluding carboxylic acids is 2. The Hall–Kier alpha value is -3.19. The Labute approximate surface area is 175 Å². The number of likely N-dealkylation sites (tertiary alicyclic amines) is 1. The Balaban J connectivity index is 2.20. The van der Waals surface area contributed by atoms with Gasteiger partial charge in [-0.05, 0) is 49.6 Å². The molecule has 0 bridgehead atoms. The van der Waals surface area contributed by atoms with Crippen LogP contribution in [-0.2, 0) is 14.3 Å². The fourth-order valence-corrected chi connectivity index (χ4v) is 3.88. The molecular weight excluding hydrogens is 384 g/mol. The molecular formula is C23H26N2O5. The number of carbonyl (C=O) groups is 2. The number of hydrogen-bond donors (Lipinski definition) is 1. The first-order valence-corrected chi connectivity index (χ1v) is 9.74. The standard InChI is InChI=1S/C23H26N2O5/c1-14-12-15(2)22(30-4)16(13-14)20(26)18-19(17-8-5-6-9-24-17)25(10-7-11-29-3)23(28)21(18)27/h5-6,8-9,12-13,19,26H,7,10-11H2,1-4H3/b20-18+. The van der Waals surface area contributed by atoms with Gasteiger partial charge in [-0.3, -0.25) is 14.6 Å². The average Bonchev–Trinajstić information content (AvgIpc) is 2.98. The molecule has 1 unspecified atom stereocenters. The highest BCUT2D eigenvalue weighted by Crippen LogP contribution is 2.41. The number of aliphatic hydroxyl groups excluding tert-OH is 1. The summed E-state index contributed by atoms with van der Waals surface area (Å²) >= 11 is 0. The maximum Gasteiger partial charge on any atom is 0.295 e. The summed E-state index contributed by atoms with van der Waals surface area (Å²) in [6.45, 7) is 4.51. The van der Waals surface area contributed by atoms with E-state index in [0.717, 1.165) is 11.1 Å². The van der Waals surface area contributed by atoms with Gasteiger partial charge in [-0.15, -0.1) is 0 Å². The predicted octanol–water partition coefficient (Wildman–Crippen LogP) is 3.17. The first kappa shape index (κ1) is 21.5. The van der Waals surface area contributed by atoms with Crippen LogP contribution in [0.3, 0.4) is 0 Å². The SMILES string of the molecule is COCCCN1C(=O)C(=O)/C(=C(/O)c2cc(C)cc(C)c2OC)C1c1ccccn1.